The quantitative estimate of drug-likeness (QED) is 0.0826. The number of likely N-dealkylation sites (tertiary alicyclic amines) is 1. The van der Waals surface area contributed by atoms with Crippen molar-refractivity contribution in [3.05, 3.63) is 91.0 Å². The van der Waals surface area contributed by atoms with Crippen molar-refractivity contribution in [1.82, 2.24) is 9.80 Å². The highest BCUT2D eigenvalue weighted by Crippen LogP contribution is 2.64. The Kier molecular flexibility index (Phi) is 23.7. The molecule has 3 aromatic carbocycles. The van der Waals surface area contributed by atoms with Gasteiger partial charge in [0.15, 0.2) is 14.7 Å². The summed E-state index contributed by atoms with van der Waals surface area (Å²) in [5, 5.41) is 9.26. The molecule has 16 heteroatoms. The SMILES string of the molecule is CC(C)(C)OC(=O)N1CCC(O)CC1.CC1(C)C2CCC1(CS(=O)(=O)[O-])C(=O)C2.COCCOCCOCCOCCN1CCOCC1.c1ccc([S+](c2ccccc2)c2ccccc2)cc1. The van der Waals surface area contributed by atoms with E-state index < -0.39 is 26.9 Å². The predicted molar refractivity (Wildman–Crippen MR) is 259 cm³/mol. The number of aliphatic hydroxyl groups excluding tert-OH is 1. The van der Waals surface area contributed by atoms with Crippen LogP contribution in [0.3, 0.4) is 0 Å². The van der Waals surface area contributed by atoms with Crippen molar-refractivity contribution in [3.63, 3.8) is 0 Å². The van der Waals surface area contributed by atoms with Crippen molar-refractivity contribution in [2.24, 2.45) is 16.7 Å². The van der Waals surface area contributed by atoms with Gasteiger partial charge in [-0.05, 0) is 94.2 Å². The smallest absolute Gasteiger partial charge is 0.410 e. The zero-order valence-corrected chi connectivity index (χ0v) is 42.2. The number of aliphatic hydroxyl groups is 1. The lowest BCUT2D eigenvalue weighted by molar-refractivity contribution is -0.128. The monoisotopic (exact) mass is 972 g/mol. The zero-order valence-electron chi connectivity index (χ0n) is 40.6. The molecule has 2 heterocycles. The van der Waals surface area contributed by atoms with E-state index in [2.05, 4.69) is 95.9 Å². The molecule has 14 nitrogen and oxygen atoms in total. The molecule has 3 aromatic rings. The fourth-order valence-corrected chi connectivity index (χ4v) is 12.0. The van der Waals surface area contributed by atoms with E-state index in [-0.39, 0.29) is 40.2 Å². The summed E-state index contributed by atoms with van der Waals surface area (Å²) in [6.07, 6.45) is 2.65. The molecular formula is C51H76N2O12S2. The van der Waals surface area contributed by atoms with Crippen molar-refractivity contribution in [3.8, 4) is 0 Å². The Balaban J connectivity index is 0.000000197. The largest absolute Gasteiger partial charge is 0.748 e. The van der Waals surface area contributed by atoms with Crippen LogP contribution in [0.25, 0.3) is 0 Å². The van der Waals surface area contributed by atoms with Crippen molar-refractivity contribution in [2.45, 2.75) is 93.1 Å². The number of amides is 1. The Morgan fingerprint density at radius 3 is 1.63 bits per heavy atom. The Morgan fingerprint density at radius 1 is 0.761 bits per heavy atom. The second kappa shape index (κ2) is 28.3. The van der Waals surface area contributed by atoms with Crippen molar-refractivity contribution >= 4 is 32.9 Å². The van der Waals surface area contributed by atoms with Gasteiger partial charge in [-0.2, -0.15) is 0 Å². The Morgan fingerprint density at radius 2 is 1.22 bits per heavy atom. The lowest BCUT2D eigenvalue weighted by Crippen LogP contribution is -2.42. The summed E-state index contributed by atoms with van der Waals surface area (Å²) in [4.78, 5) is 31.5. The number of ether oxygens (including phenoxy) is 6. The van der Waals surface area contributed by atoms with E-state index in [1.165, 1.54) is 14.7 Å². The molecule has 7 rings (SSSR count). The Hall–Kier alpha value is -3.42. The maximum atomic E-state index is 11.8. The zero-order chi connectivity index (χ0) is 48.8. The van der Waals surface area contributed by atoms with Crippen LogP contribution in [0.5, 0.6) is 0 Å². The van der Waals surface area contributed by atoms with E-state index in [1.54, 1.807) is 12.0 Å². The number of morpholine rings is 1. The van der Waals surface area contributed by atoms with Gasteiger partial charge in [0.1, 0.15) is 11.4 Å². The minimum atomic E-state index is -4.33. The van der Waals surface area contributed by atoms with Gasteiger partial charge in [-0.3, -0.25) is 9.69 Å². The summed E-state index contributed by atoms with van der Waals surface area (Å²) in [6.45, 7) is 19.7. The summed E-state index contributed by atoms with van der Waals surface area (Å²) in [7, 11) is -2.68. The lowest BCUT2D eigenvalue weighted by atomic mass is 9.70. The molecule has 0 radical (unpaired) electrons. The van der Waals surface area contributed by atoms with E-state index in [0.29, 0.717) is 78.4 Å². The van der Waals surface area contributed by atoms with Gasteiger partial charge in [0.2, 0.25) is 0 Å². The van der Waals surface area contributed by atoms with E-state index in [1.807, 2.05) is 34.6 Å². The number of piperidine rings is 1. The van der Waals surface area contributed by atoms with Gasteiger partial charge in [-0.15, -0.1) is 0 Å². The molecule has 2 atom stereocenters. The first-order valence-corrected chi connectivity index (χ1v) is 26.3. The normalized spacial score (nSPS) is 20.5. The number of carbonyl (C=O) groups excluding carboxylic acids is 2. The third-order valence-electron chi connectivity index (χ3n) is 12.4. The molecule has 1 amide bonds. The molecule has 67 heavy (non-hydrogen) atoms. The molecule has 2 aliphatic carbocycles. The van der Waals surface area contributed by atoms with Gasteiger partial charge in [-0.1, -0.05) is 68.4 Å². The van der Waals surface area contributed by atoms with Gasteiger partial charge < -0.3 is 43.0 Å². The van der Waals surface area contributed by atoms with Crippen LogP contribution in [0.15, 0.2) is 106 Å². The topological polar surface area (TPSA) is 173 Å². The first-order chi connectivity index (χ1) is 32.0. The number of benzene rings is 3. The van der Waals surface area contributed by atoms with Gasteiger partial charge in [0.25, 0.3) is 0 Å². The molecule has 2 unspecified atom stereocenters. The summed E-state index contributed by atoms with van der Waals surface area (Å²) in [5.41, 5.74) is -1.66. The van der Waals surface area contributed by atoms with Crippen molar-refractivity contribution in [2.75, 3.05) is 105 Å². The molecule has 2 aliphatic heterocycles. The molecular weight excluding hydrogens is 897 g/mol. The average Bonchev–Trinajstić information content (AvgIpc) is 3.64. The minimum absolute atomic E-state index is 0.0146. The lowest BCUT2D eigenvalue weighted by Gasteiger charge is -2.37. The van der Waals surface area contributed by atoms with Crippen molar-refractivity contribution < 1.29 is 56.1 Å². The van der Waals surface area contributed by atoms with Gasteiger partial charge >= 0.3 is 6.09 Å². The maximum absolute atomic E-state index is 11.8. The summed E-state index contributed by atoms with van der Waals surface area (Å²) < 4.78 is 64.2. The number of nitrogens with zero attached hydrogens (tertiary/aromatic N) is 2. The molecule has 2 saturated carbocycles. The number of fused-ring (bicyclic) bond motifs is 2. The van der Waals surface area contributed by atoms with Crippen LogP contribution in [-0.4, -0.2) is 157 Å². The van der Waals surface area contributed by atoms with Crippen molar-refractivity contribution in [1.29, 1.82) is 0 Å². The molecule has 4 fully saturated rings. The number of hydrogen-bond acceptors (Lipinski definition) is 13. The van der Waals surface area contributed by atoms with Crippen LogP contribution >= 0.6 is 0 Å². The first-order valence-electron chi connectivity index (χ1n) is 23.5. The van der Waals surface area contributed by atoms with Gasteiger partial charge in [0, 0.05) is 51.7 Å². The number of hydrogen-bond donors (Lipinski definition) is 1. The van der Waals surface area contributed by atoms with Gasteiger partial charge in [-0.25, -0.2) is 13.2 Å². The standard InChI is InChI=1S/C18H15S.C13H27NO5.C10H19NO3.C10H16O4S/c1-4-10-16(11-5-1)19(17-12-6-2-7-13-17)18-14-8-3-9-15-18;1-15-8-9-18-12-13-19-11-10-17-7-4-14-2-5-16-6-3-14;1-10(2,3)14-9(13)11-6-4-8(12)5-7-11;1-9(2)7-3-4-10(9,8(11)5-7)6-15(12,13)14/h1-15H;2-13H2,1H3;8,12H,4-7H2,1-3H3;7H,3-6H2,1-2H3,(H,12,13,14)/q+1;;;/p-1. The molecule has 2 saturated heterocycles. The number of rotatable bonds is 17. The number of methoxy groups -OCH3 is 1. The maximum Gasteiger partial charge on any atom is 0.410 e. The molecule has 2 bridgehead atoms. The van der Waals surface area contributed by atoms with Crippen LogP contribution < -0.4 is 0 Å². The highest BCUT2D eigenvalue weighted by molar-refractivity contribution is 7.97. The number of Topliss-reactive ketones (excluding diaryl/α,β-unsaturated/α-hetero) is 1. The van der Waals surface area contributed by atoms with E-state index in [0.717, 1.165) is 45.9 Å². The fourth-order valence-electron chi connectivity index (χ4n) is 8.57. The van der Waals surface area contributed by atoms with Crippen LogP contribution in [0, 0.1) is 16.7 Å². The molecule has 1 N–H and O–H groups in total. The highest BCUT2D eigenvalue weighted by Gasteiger charge is 2.64. The number of carbonyl (C=O) groups is 2. The van der Waals surface area contributed by atoms with E-state index in [4.69, 9.17) is 28.4 Å². The molecule has 0 aromatic heterocycles. The predicted octanol–water partition coefficient (Wildman–Crippen LogP) is 7.10. The Labute approximate surface area is 403 Å². The van der Waals surface area contributed by atoms with E-state index in [9.17, 15) is 27.7 Å². The second-order valence-electron chi connectivity index (χ2n) is 18.6. The third kappa shape index (κ3) is 19.1. The van der Waals surface area contributed by atoms with Crippen LogP contribution in [0.4, 0.5) is 4.79 Å². The van der Waals surface area contributed by atoms with Crippen LogP contribution in [0.2, 0.25) is 0 Å². The van der Waals surface area contributed by atoms with Crippen LogP contribution in [-0.2, 0) is 54.2 Å². The molecule has 0 spiro atoms. The summed E-state index contributed by atoms with van der Waals surface area (Å²) in [5.74, 6) is -0.280. The summed E-state index contributed by atoms with van der Waals surface area (Å²) >= 11 is 0. The first kappa shape index (κ1) is 56.2. The highest BCUT2D eigenvalue weighted by atomic mass is 32.2. The van der Waals surface area contributed by atoms with Gasteiger partial charge in [0.05, 0.1) is 92.3 Å². The van der Waals surface area contributed by atoms with E-state index >= 15 is 0 Å². The average molecular weight is 973 g/mol. The molecule has 374 valence electrons. The Bertz CT molecular complexity index is 1860. The molecule has 4 aliphatic rings. The second-order valence-corrected chi connectivity index (χ2v) is 22.0. The number of ketones is 1. The minimum Gasteiger partial charge on any atom is -0.748 e. The fraction of sp³-hybridized carbons (Fsp3) is 0.608. The summed E-state index contributed by atoms with van der Waals surface area (Å²) in [6, 6.07) is 32.2. The third-order valence-corrected chi connectivity index (χ3v) is 15.5. The van der Waals surface area contributed by atoms with Crippen LogP contribution in [0.1, 0.15) is 66.7 Å².